The van der Waals surface area contributed by atoms with Crippen molar-refractivity contribution in [3.05, 3.63) is 70.8 Å². The van der Waals surface area contributed by atoms with Gasteiger partial charge in [0.2, 0.25) is 0 Å². The summed E-state index contributed by atoms with van der Waals surface area (Å²) in [7, 11) is 0. The second-order valence-corrected chi connectivity index (χ2v) is 8.46. The second-order valence-electron chi connectivity index (χ2n) is 7.84. The first-order valence-electron chi connectivity index (χ1n) is 10.9. The average molecular weight is 537 g/mol. The number of aromatic nitrogens is 6. The first-order valence-corrected chi connectivity index (χ1v) is 11.8. The Morgan fingerprint density at radius 3 is 2.46 bits per heavy atom. The smallest absolute Gasteiger partial charge is 0.390 e. The molecule has 1 N–H and O–H groups in total. The third kappa shape index (κ3) is 6.29. The van der Waals surface area contributed by atoms with Crippen LogP contribution in [0.15, 0.2) is 48.5 Å². The van der Waals surface area contributed by atoms with Crippen LogP contribution in [-0.4, -0.2) is 41.8 Å². The van der Waals surface area contributed by atoms with E-state index >= 15 is 0 Å². The molecule has 0 saturated heterocycles. The van der Waals surface area contributed by atoms with Gasteiger partial charge in [0.15, 0.2) is 10.9 Å². The number of ketones is 1. The number of hydrogen-bond donors (Lipinski definition) is 1. The first-order chi connectivity index (χ1) is 16.6. The van der Waals surface area contributed by atoms with Gasteiger partial charge < -0.3 is 14.8 Å². The summed E-state index contributed by atoms with van der Waals surface area (Å²) in [6, 6.07) is 15.8. The van der Waals surface area contributed by atoms with Gasteiger partial charge >= 0.3 is 51.4 Å². The summed E-state index contributed by atoms with van der Waals surface area (Å²) in [6.07, 6.45) is 1.39. The summed E-state index contributed by atoms with van der Waals surface area (Å²) < 4.78 is 1.82. The molecule has 0 spiro atoms. The van der Waals surface area contributed by atoms with E-state index in [0.717, 1.165) is 28.7 Å². The second kappa shape index (κ2) is 13.2. The molecule has 0 aliphatic heterocycles. The van der Waals surface area contributed by atoms with Crippen molar-refractivity contribution in [2.75, 3.05) is 5.88 Å². The Kier molecular flexibility index (Phi) is 10.6. The number of carbonyl (C=O) groups excluding carboxylic acids is 1. The van der Waals surface area contributed by atoms with Gasteiger partial charge in [0, 0.05) is 12.4 Å². The molecule has 0 radical (unpaired) electrons. The van der Waals surface area contributed by atoms with Gasteiger partial charge in [-0.25, -0.2) is 4.98 Å². The maximum absolute atomic E-state index is 12.5. The minimum atomic E-state index is -0.474. The van der Waals surface area contributed by atoms with Crippen LogP contribution in [0.4, 0.5) is 0 Å². The van der Waals surface area contributed by atoms with Gasteiger partial charge in [-0.1, -0.05) is 73.5 Å². The molecule has 4 rings (SSSR count). The Bertz CT molecular complexity index is 1260. The molecule has 176 valence electrons. The van der Waals surface area contributed by atoms with Gasteiger partial charge in [0.1, 0.15) is 5.82 Å². The average Bonchev–Trinajstić information content (AvgIpc) is 3.51. The van der Waals surface area contributed by atoms with E-state index < -0.39 is 5.92 Å². The molecule has 0 bridgehead atoms. The van der Waals surface area contributed by atoms with E-state index in [4.69, 9.17) is 23.2 Å². The monoisotopic (exact) mass is 536 g/mol. The molecule has 2 heterocycles. The van der Waals surface area contributed by atoms with E-state index in [-0.39, 0.29) is 74.8 Å². The summed E-state index contributed by atoms with van der Waals surface area (Å²) in [5.41, 5.74) is 4.22. The van der Waals surface area contributed by atoms with Crippen molar-refractivity contribution < 1.29 is 61.3 Å². The predicted molar refractivity (Wildman–Crippen MR) is 130 cm³/mol. The number of nitrogens with zero attached hydrogens (tertiary/aromatic N) is 6. The van der Waals surface area contributed by atoms with E-state index in [2.05, 4.69) is 25.6 Å². The zero-order valence-corrected chi connectivity index (χ0v) is 24.2. The number of rotatable bonds is 10. The predicted octanol–water partition coefficient (Wildman–Crippen LogP) is 1.25. The summed E-state index contributed by atoms with van der Waals surface area (Å²) >= 11 is 12.2. The molecule has 8 nitrogen and oxygen atoms in total. The van der Waals surface area contributed by atoms with E-state index in [1.807, 2.05) is 60.0 Å². The number of hydrogen-bond acceptors (Lipinski definition) is 6. The Balaban J connectivity index is 0.00000342. The van der Waals surface area contributed by atoms with Crippen LogP contribution in [0.1, 0.15) is 42.8 Å². The standard InChI is InChI=1S/C24H23Cl2N6O2.K/c1-2-5-19(21(34)12-25)24-27-22(26)20(14-33)32(24)13-15-8-10-16(11-9-15)17-6-3-4-7-18(17)23-28-30-31-29-23;/h3-4,6-11,19,33H,2,5,12-14H2,1H3;/q-1;+1. The molecular formula is C24H23Cl2KN6O2. The summed E-state index contributed by atoms with van der Waals surface area (Å²) in [5.74, 6) is 0.315. The van der Waals surface area contributed by atoms with E-state index in [9.17, 15) is 9.90 Å². The fourth-order valence-corrected chi connectivity index (χ4v) is 4.47. The fraction of sp³-hybridized carbons (Fsp3) is 0.292. The first kappa shape index (κ1) is 28.1. The van der Waals surface area contributed by atoms with Crippen LogP contribution < -0.4 is 56.5 Å². The Labute approximate surface area is 255 Å². The molecule has 0 aliphatic rings. The quantitative estimate of drug-likeness (QED) is 0.240. The van der Waals surface area contributed by atoms with Gasteiger partial charge in [0.05, 0.1) is 24.1 Å². The molecule has 11 heteroatoms. The number of Topliss-reactive ketones (excluding diaryl/α,β-unsaturated/α-hetero) is 1. The Morgan fingerprint density at radius 2 is 1.86 bits per heavy atom. The molecule has 35 heavy (non-hydrogen) atoms. The van der Waals surface area contributed by atoms with Gasteiger partial charge in [-0.05, 0) is 28.7 Å². The van der Waals surface area contributed by atoms with Gasteiger partial charge in [-0.15, -0.1) is 11.6 Å². The summed E-state index contributed by atoms with van der Waals surface area (Å²) in [5, 5.41) is 25.2. The SMILES string of the molecule is CCCC(C(=O)CCl)c1nc(Cl)c(CO)n1Cc1ccc(-c2ccccc2-c2nnn[n-]2)cc1.[K+]. The van der Waals surface area contributed by atoms with Gasteiger partial charge in [-0.3, -0.25) is 15.1 Å². The minimum absolute atomic E-state index is 0. The van der Waals surface area contributed by atoms with Crippen molar-refractivity contribution in [2.24, 2.45) is 0 Å². The van der Waals surface area contributed by atoms with E-state index in [1.165, 1.54) is 0 Å². The molecular weight excluding hydrogens is 514 g/mol. The topological polar surface area (TPSA) is 108 Å². The van der Waals surface area contributed by atoms with Crippen LogP contribution >= 0.6 is 23.2 Å². The number of carbonyl (C=O) groups is 1. The summed E-state index contributed by atoms with van der Waals surface area (Å²) in [6.45, 7) is 2.12. The van der Waals surface area contributed by atoms with Crippen molar-refractivity contribution in [3.8, 4) is 22.5 Å². The van der Waals surface area contributed by atoms with Crippen LogP contribution in [0.3, 0.4) is 0 Å². The fourth-order valence-electron chi connectivity index (χ4n) is 4.04. The zero-order valence-electron chi connectivity index (χ0n) is 19.5. The maximum Gasteiger partial charge on any atom is 1.00 e. The zero-order chi connectivity index (χ0) is 24.1. The third-order valence-electron chi connectivity index (χ3n) is 5.70. The number of aliphatic hydroxyl groups excluding tert-OH is 1. The number of imidazole rings is 1. The summed E-state index contributed by atoms with van der Waals surface area (Å²) in [4.78, 5) is 17.0. The largest absolute Gasteiger partial charge is 1.00 e. The maximum atomic E-state index is 12.5. The van der Waals surface area contributed by atoms with Gasteiger partial charge in [-0.2, -0.15) is 5.21 Å². The molecule has 1 atom stereocenters. The molecule has 0 saturated carbocycles. The van der Waals surface area contributed by atoms with Crippen molar-refractivity contribution in [1.82, 2.24) is 30.2 Å². The number of benzene rings is 2. The molecule has 0 amide bonds. The van der Waals surface area contributed by atoms with Crippen LogP contribution in [-0.2, 0) is 17.9 Å². The number of tetrazole rings is 1. The Morgan fingerprint density at radius 1 is 1.14 bits per heavy atom. The number of aliphatic hydroxyl groups is 1. The van der Waals surface area contributed by atoms with Crippen LogP contribution in [0.25, 0.3) is 22.5 Å². The molecule has 2 aromatic heterocycles. The molecule has 0 fully saturated rings. The van der Waals surface area contributed by atoms with Crippen molar-refractivity contribution in [2.45, 2.75) is 38.8 Å². The van der Waals surface area contributed by atoms with Gasteiger partial charge in [0.25, 0.3) is 0 Å². The Hall–Kier alpha value is -1.43. The third-order valence-corrected chi connectivity index (χ3v) is 6.27. The van der Waals surface area contributed by atoms with Crippen molar-refractivity contribution >= 4 is 29.0 Å². The normalized spacial score (nSPS) is 11.8. The van der Waals surface area contributed by atoms with E-state index in [1.54, 1.807) is 0 Å². The molecule has 4 aromatic rings. The van der Waals surface area contributed by atoms with E-state index in [0.29, 0.717) is 30.3 Å². The molecule has 1 unspecified atom stereocenters. The minimum Gasteiger partial charge on any atom is -0.390 e. The molecule has 0 aliphatic carbocycles. The molecule has 2 aromatic carbocycles. The van der Waals surface area contributed by atoms with Crippen LogP contribution in [0.5, 0.6) is 0 Å². The van der Waals surface area contributed by atoms with Crippen molar-refractivity contribution in [3.63, 3.8) is 0 Å². The van der Waals surface area contributed by atoms with Crippen LogP contribution in [0, 0.1) is 0 Å². The van der Waals surface area contributed by atoms with Crippen LogP contribution in [0.2, 0.25) is 5.15 Å². The van der Waals surface area contributed by atoms with Crippen molar-refractivity contribution in [1.29, 1.82) is 0 Å². The number of halogens is 2. The number of alkyl halides is 1.